The predicted octanol–water partition coefficient (Wildman–Crippen LogP) is 0.658. The van der Waals surface area contributed by atoms with Gasteiger partial charge in [-0.3, -0.25) is 9.59 Å². The topological polar surface area (TPSA) is 89.5 Å². The first-order valence-corrected chi connectivity index (χ1v) is 7.95. The van der Waals surface area contributed by atoms with Crippen molar-refractivity contribution in [2.24, 2.45) is 0 Å². The van der Waals surface area contributed by atoms with Crippen LogP contribution < -0.4 is 5.32 Å². The van der Waals surface area contributed by atoms with E-state index in [-0.39, 0.29) is 6.42 Å². The lowest BCUT2D eigenvalue weighted by Gasteiger charge is -2.17. The molecule has 6 nitrogen and oxygen atoms in total. The fraction of sp³-hybridized carbons (Fsp3) is 0.833. The molecule has 0 bridgehead atoms. The van der Waals surface area contributed by atoms with E-state index in [4.69, 9.17) is 0 Å². The molecule has 0 rings (SSSR count). The summed E-state index contributed by atoms with van der Waals surface area (Å²) in [6.45, 7) is 5.18. The first-order chi connectivity index (χ1) is 8.77. The maximum Gasteiger partial charge on any atom is 0.306 e. The van der Waals surface area contributed by atoms with Crippen molar-refractivity contribution in [1.29, 1.82) is 0 Å². The molecule has 0 aromatic heterocycles. The molecular formula is C12H23NO5S. The molecule has 0 radical (unpaired) electrons. The third kappa shape index (κ3) is 5.59. The Balaban J connectivity index is 4.61. The van der Waals surface area contributed by atoms with E-state index >= 15 is 0 Å². The van der Waals surface area contributed by atoms with Crippen LogP contribution in [0.3, 0.4) is 0 Å². The Kier molecular flexibility index (Phi) is 7.66. The second-order valence-corrected chi connectivity index (χ2v) is 7.16. The lowest BCUT2D eigenvalue weighted by molar-refractivity contribution is -0.140. The van der Waals surface area contributed by atoms with Gasteiger partial charge in [-0.2, -0.15) is 0 Å². The van der Waals surface area contributed by atoms with Gasteiger partial charge in [0, 0.05) is 6.54 Å². The molecule has 0 saturated carbocycles. The summed E-state index contributed by atoms with van der Waals surface area (Å²) in [7, 11) is -2.50. The van der Waals surface area contributed by atoms with Crippen molar-refractivity contribution in [2.75, 3.05) is 13.7 Å². The third-order valence-corrected chi connectivity index (χ3v) is 5.42. The van der Waals surface area contributed by atoms with Gasteiger partial charge >= 0.3 is 5.97 Å². The molecule has 0 spiro atoms. The molecule has 7 heteroatoms. The van der Waals surface area contributed by atoms with Crippen LogP contribution in [0.1, 0.15) is 40.0 Å². The van der Waals surface area contributed by atoms with E-state index in [2.05, 4.69) is 10.1 Å². The van der Waals surface area contributed by atoms with Gasteiger partial charge in [0.15, 0.2) is 9.84 Å². The first-order valence-electron chi connectivity index (χ1n) is 6.34. The molecule has 0 fully saturated rings. The summed E-state index contributed by atoms with van der Waals surface area (Å²) < 4.78 is 28.6. The highest BCUT2D eigenvalue weighted by Crippen LogP contribution is 2.13. The summed E-state index contributed by atoms with van der Waals surface area (Å²) in [6, 6.07) is 0. The molecule has 0 aliphatic rings. The second kappa shape index (κ2) is 8.14. The van der Waals surface area contributed by atoms with Crippen LogP contribution in [0.25, 0.3) is 0 Å². The molecular weight excluding hydrogens is 270 g/mol. The zero-order chi connectivity index (χ0) is 15.1. The molecule has 0 saturated heterocycles. The molecule has 112 valence electrons. The Labute approximate surface area is 114 Å². The fourth-order valence-corrected chi connectivity index (χ4v) is 2.91. The molecule has 0 aromatic rings. The van der Waals surface area contributed by atoms with E-state index in [0.717, 1.165) is 12.8 Å². The largest absolute Gasteiger partial charge is 0.469 e. The highest BCUT2D eigenvalue weighted by Gasteiger charge is 2.34. The number of unbranched alkanes of at least 4 members (excludes halogenated alkanes) is 1. The van der Waals surface area contributed by atoms with Crippen LogP contribution in [0, 0.1) is 0 Å². The molecule has 0 aromatic carbocycles. The summed E-state index contributed by atoms with van der Waals surface area (Å²) in [5.74, 6) is -1.13. The maximum atomic E-state index is 12.1. The van der Waals surface area contributed by atoms with Crippen molar-refractivity contribution >= 4 is 21.7 Å². The van der Waals surface area contributed by atoms with Crippen molar-refractivity contribution in [3.05, 3.63) is 0 Å². The Hall–Kier alpha value is -1.11. The van der Waals surface area contributed by atoms with Crippen LogP contribution >= 0.6 is 0 Å². The van der Waals surface area contributed by atoms with Crippen LogP contribution in [-0.4, -0.2) is 44.4 Å². The van der Waals surface area contributed by atoms with Crippen molar-refractivity contribution in [2.45, 2.75) is 50.5 Å². The Morgan fingerprint density at radius 1 is 1.26 bits per heavy atom. The highest BCUT2D eigenvalue weighted by atomic mass is 32.2. The van der Waals surface area contributed by atoms with Crippen LogP contribution in [0.2, 0.25) is 0 Å². The number of amides is 1. The van der Waals surface area contributed by atoms with Gasteiger partial charge in [-0.1, -0.05) is 13.3 Å². The van der Waals surface area contributed by atoms with E-state index in [1.165, 1.54) is 21.0 Å². The number of hydrogen-bond donors (Lipinski definition) is 1. The number of ether oxygens (including phenoxy) is 1. The molecule has 1 amide bonds. The Morgan fingerprint density at radius 3 is 2.32 bits per heavy atom. The molecule has 2 unspecified atom stereocenters. The van der Waals surface area contributed by atoms with Gasteiger partial charge in [-0.25, -0.2) is 8.42 Å². The van der Waals surface area contributed by atoms with Crippen molar-refractivity contribution in [3.63, 3.8) is 0 Å². The van der Waals surface area contributed by atoms with Gasteiger partial charge in [0.25, 0.3) is 0 Å². The normalized spacial score (nSPS) is 14.5. The average Bonchev–Trinajstić information content (AvgIpc) is 2.37. The van der Waals surface area contributed by atoms with Gasteiger partial charge in [0.05, 0.1) is 18.8 Å². The van der Waals surface area contributed by atoms with Crippen LogP contribution in [0.4, 0.5) is 0 Å². The van der Waals surface area contributed by atoms with E-state index in [1.807, 2.05) is 6.92 Å². The standard InChI is InChI=1S/C12H23NO5S/c1-5-6-7-13-12(15)10(3)19(16,17)9(2)8-11(14)18-4/h9-10H,5-8H2,1-4H3,(H,13,15). The molecule has 0 heterocycles. The minimum Gasteiger partial charge on any atom is -0.469 e. The number of carbonyl (C=O) groups is 2. The average molecular weight is 293 g/mol. The SMILES string of the molecule is CCCCNC(=O)C(C)S(=O)(=O)C(C)CC(=O)OC. The van der Waals surface area contributed by atoms with Crippen molar-refractivity contribution < 1.29 is 22.7 Å². The zero-order valence-electron chi connectivity index (χ0n) is 11.9. The highest BCUT2D eigenvalue weighted by molar-refractivity contribution is 7.93. The van der Waals surface area contributed by atoms with Gasteiger partial charge in [-0.05, 0) is 20.3 Å². The maximum absolute atomic E-state index is 12.1. The summed E-state index contributed by atoms with van der Waals surface area (Å²) in [5.41, 5.74) is 0. The molecule has 19 heavy (non-hydrogen) atoms. The van der Waals surface area contributed by atoms with Crippen LogP contribution in [0.5, 0.6) is 0 Å². The van der Waals surface area contributed by atoms with Gasteiger partial charge in [-0.15, -0.1) is 0 Å². The molecule has 0 aliphatic heterocycles. The number of carbonyl (C=O) groups excluding carboxylic acids is 2. The van der Waals surface area contributed by atoms with E-state index < -0.39 is 32.2 Å². The molecule has 1 N–H and O–H groups in total. The summed E-state index contributed by atoms with van der Waals surface area (Å²) in [4.78, 5) is 22.8. The summed E-state index contributed by atoms with van der Waals surface area (Å²) >= 11 is 0. The molecule has 0 aliphatic carbocycles. The quantitative estimate of drug-likeness (QED) is 0.524. The lowest BCUT2D eigenvalue weighted by Crippen LogP contribution is -2.42. The van der Waals surface area contributed by atoms with E-state index in [1.54, 1.807) is 0 Å². The van der Waals surface area contributed by atoms with Gasteiger partial charge in [0.1, 0.15) is 5.25 Å². The number of esters is 1. The summed E-state index contributed by atoms with van der Waals surface area (Å²) in [5, 5.41) is 0.476. The third-order valence-electron chi connectivity index (χ3n) is 2.93. The number of sulfone groups is 1. The molecule has 2 atom stereocenters. The summed E-state index contributed by atoms with van der Waals surface area (Å²) in [6.07, 6.45) is 1.47. The van der Waals surface area contributed by atoms with Gasteiger partial charge < -0.3 is 10.1 Å². The number of methoxy groups -OCH3 is 1. The zero-order valence-corrected chi connectivity index (χ0v) is 12.7. The van der Waals surface area contributed by atoms with Crippen molar-refractivity contribution in [3.8, 4) is 0 Å². The Morgan fingerprint density at radius 2 is 1.84 bits per heavy atom. The van der Waals surface area contributed by atoms with E-state index in [0.29, 0.717) is 6.54 Å². The number of rotatable bonds is 8. The van der Waals surface area contributed by atoms with Crippen LogP contribution in [-0.2, 0) is 24.2 Å². The smallest absolute Gasteiger partial charge is 0.306 e. The van der Waals surface area contributed by atoms with Crippen LogP contribution in [0.15, 0.2) is 0 Å². The second-order valence-electron chi connectivity index (χ2n) is 4.47. The fourth-order valence-electron chi connectivity index (χ4n) is 1.46. The number of nitrogens with one attached hydrogen (secondary N) is 1. The number of hydrogen-bond acceptors (Lipinski definition) is 5. The van der Waals surface area contributed by atoms with Crippen molar-refractivity contribution in [1.82, 2.24) is 5.32 Å². The minimum absolute atomic E-state index is 0.245. The minimum atomic E-state index is -3.69. The predicted molar refractivity (Wildman–Crippen MR) is 72.4 cm³/mol. The van der Waals surface area contributed by atoms with E-state index in [9.17, 15) is 18.0 Å². The lowest BCUT2D eigenvalue weighted by atomic mass is 10.3. The van der Waals surface area contributed by atoms with Gasteiger partial charge in [0.2, 0.25) is 5.91 Å². The Bertz CT molecular complexity index is 404. The monoisotopic (exact) mass is 293 g/mol. The first kappa shape index (κ1) is 17.9.